The summed E-state index contributed by atoms with van der Waals surface area (Å²) in [5, 5.41) is 9.69. The van der Waals surface area contributed by atoms with E-state index in [4.69, 9.17) is 5.73 Å². The third kappa shape index (κ3) is 3.64. The smallest absolute Gasteiger partial charge is 0.288 e. The summed E-state index contributed by atoms with van der Waals surface area (Å²) in [6.07, 6.45) is 0. The van der Waals surface area contributed by atoms with E-state index >= 15 is 0 Å². The fourth-order valence-corrected chi connectivity index (χ4v) is 2.01. The Labute approximate surface area is 117 Å². The van der Waals surface area contributed by atoms with E-state index in [1.165, 1.54) is 24.3 Å². The number of benzene rings is 1. The SMILES string of the molecule is Nc1ccc(C(=O)Nc2ccccc2SC(F)F)nn1. The topological polar surface area (TPSA) is 80.9 Å². The molecule has 20 heavy (non-hydrogen) atoms. The number of carbonyl (C=O) groups is 1. The number of rotatable bonds is 4. The van der Waals surface area contributed by atoms with E-state index in [0.29, 0.717) is 17.4 Å². The fourth-order valence-electron chi connectivity index (χ4n) is 1.42. The number of carbonyl (C=O) groups excluding carboxylic acids is 1. The fraction of sp³-hybridized carbons (Fsp3) is 0.0833. The monoisotopic (exact) mass is 296 g/mol. The minimum absolute atomic E-state index is 0.0519. The molecule has 0 spiro atoms. The summed E-state index contributed by atoms with van der Waals surface area (Å²) in [7, 11) is 0. The number of anilines is 2. The van der Waals surface area contributed by atoms with Gasteiger partial charge in [0.05, 0.1) is 5.69 Å². The molecule has 2 rings (SSSR count). The third-order valence-corrected chi connectivity index (χ3v) is 3.06. The van der Waals surface area contributed by atoms with Gasteiger partial charge in [0.15, 0.2) is 5.69 Å². The van der Waals surface area contributed by atoms with Gasteiger partial charge in [-0.1, -0.05) is 23.9 Å². The normalized spacial score (nSPS) is 10.6. The molecule has 1 amide bonds. The number of thioether (sulfide) groups is 1. The first-order chi connectivity index (χ1) is 9.56. The molecule has 3 N–H and O–H groups in total. The first kappa shape index (κ1) is 14.2. The van der Waals surface area contributed by atoms with E-state index in [2.05, 4.69) is 15.5 Å². The Hall–Kier alpha value is -2.22. The summed E-state index contributed by atoms with van der Waals surface area (Å²) in [6, 6.07) is 9.12. The van der Waals surface area contributed by atoms with Crippen molar-refractivity contribution in [2.45, 2.75) is 10.7 Å². The molecule has 2 aromatic rings. The van der Waals surface area contributed by atoms with Crippen LogP contribution >= 0.6 is 11.8 Å². The van der Waals surface area contributed by atoms with Crippen molar-refractivity contribution >= 4 is 29.2 Å². The van der Waals surface area contributed by atoms with Crippen LogP contribution in [0.3, 0.4) is 0 Å². The number of para-hydroxylation sites is 1. The van der Waals surface area contributed by atoms with Crippen molar-refractivity contribution in [2.75, 3.05) is 11.1 Å². The number of hydrogen-bond acceptors (Lipinski definition) is 5. The molecule has 0 unspecified atom stereocenters. The molecule has 0 bridgehead atoms. The van der Waals surface area contributed by atoms with E-state index in [9.17, 15) is 13.6 Å². The summed E-state index contributed by atoms with van der Waals surface area (Å²) < 4.78 is 24.8. The predicted octanol–water partition coefficient (Wildman–Crippen LogP) is 2.63. The highest BCUT2D eigenvalue weighted by Gasteiger charge is 2.13. The molecule has 0 aliphatic carbocycles. The van der Waals surface area contributed by atoms with Crippen molar-refractivity contribution in [3.63, 3.8) is 0 Å². The van der Waals surface area contributed by atoms with Crippen LogP contribution in [0.15, 0.2) is 41.3 Å². The van der Waals surface area contributed by atoms with Crippen molar-refractivity contribution in [1.29, 1.82) is 0 Å². The minimum Gasteiger partial charge on any atom is -0.382 e. The Balaban J connectivity index is 2.17. The van der Waals surface area contributed by atoms with Gasteiger partial charge in [-0.25, -0.2) is 0 Å². The lowest BCUT2D eigenvalue weighted by Gasteiger charge is -2.09. The van der Waals surface area contributed by atoms with Gasteiger partial charge in [-0.15, -0.1) is 10.2 Å². The Kier molecular flexibility index (Phi) is 4.46. The zero-order valence-corrected chi connectivity index (χ0v) is 10.9. The third-order valence-electron chi connectivity index (χ3n) is 2.27. The van der Waals surface area contributed by atoms with Crippen LogP contribution in [0.1, 0.15) is 10.5 Å². The molecule has 1 heterocycles. The number of alkyl halides is 2. The number of amides is 1. The van der Waals surface area contributed by atoms with E-state index in [-0.39, 0.29) is 16.4 Å². The molecule has 0 aliphatic heterocycles. The largest absolute Gasteiger partial charge is 0.382 e. The Bertz CT molecular complexity index is 607. The van der Waals surface area contributed by atoms with E-state index in [1.807, 2.05) is 0 Å². The summed E-state index contributed by atoms with van der Waals surface area (Å²) in [4.78, 5) is 12.2. The number of hydrogen-bond donors (Lipinski definition) is 2. The van der Waals surface area contributed by atoms with Crippen LogP contribution in [0, 0.1) is 0 Å². The molecule has 0 radical (unpaired) electrons. The zero-order chi connectivity index (χ0) is 14.5. The lowest BCUT2D eigenvalue weighted by molar-refractivity contribution is 0.102. The number of nitrogens with zero attached hydrogens (tertiary/aromatic N) is 2. The molecular formula is C12H10F2N4OS. The van der Waals surface area contributed by atoms with Crippen LogP contribution in [0.5, 0.6) is 0 Å². The van der Waals surface area contributed by atoms with E-state index < -0.39 is 11.7 Å². The quantitative estimate of drug-likeness (QED) is 0.848. The summed E-state index contributed by atoms with van der Waals surface area (Å²) in [5.74, 6) is -2.92. The van der Waals surface area contributed by atoms with Crippen LogP contribution in [-0.4, -0.2) is 21.9 Å². The maximum atomic E-state index is 12.4. The van der Waals surface area contributed by atoms with Crippen molar-refractivity contribution in [3.8, 4) is 0 Å². The van der Waals surface area contributed by atoms with E-state index in [0.717, 1.165) is 0 Å². The molecule has 1 aromatic carbocycles. The summed E-state index contributed by atoms with van der Waals surface area (Å²) >= 11 is 0.361. The van der Waals surface area contributed by atoms with Crippen molar-refractivity contribution in [3.05, 3.63) is 42.1 Å². The molecule has 0 atom stereocenters. The van der Waals surface area contributed by atoms with Gasteiger partial charge in [-0.05, 0) is 24.3 Å². The lowest BCUT2D eigenvalue weighted by atomic mass is 10.3. The lowest BCUT2D eigenvalue weighted by Crippen LogP contribution is -2.15. The number of nitrogens with two attached hydrogens (primary N) is 1. The van der Waals surface area contributed by atoms with Crippen LogP contribution in [0.2, 0.25) is 0 Å². The number of halogens is 2. The number of aromatic nitrogens is 2. The second-order valence-electron chi connectivity index (χ2n) is 3.67. The standard InChI is InChI=1S/C12H10F2N4OS/c13-12(14)20-9-4-2-1-3-7(9)16-11(19)8-5-6-10(15)18-17-8/h1-6,12H,(H2,15,18)(H,16,19). The molecule has 0 aliphatic rings. The average molecular weight is 296 g/mol. The maximum Gasteiger partial charge on any atom is 0.288 e. The minimum atomic E-state index is -2.57. The van der Waals surface area contributed by atoms with Gasteiger partial charge >= 0.3 is 0 Å². The van der Waals surface area contributed by atoms with Gasteiger partial charge in [-0.3, -0.25) is 4.79 Å². The van der Waals surface area contributed by atoms with Gasteiger partial charge in [0.2, 0.25) is 0 Å². The van der Waals surface area contributed by atoms with Crippen molar-refractivity contribution in [1.82, 2.24) is 10.2 Å². The molecule has 0 saturated heterocycles. The van der Waals surface area contributed by atoms with Crippen molar-refractivity contribution < 1.29 is 13.6 Å². The van der Waals surface area contributed by atoms with Crippen LogP contribution in [0.4, 0.5) is 20.3 Å². The van der Waals surface area contributed by atoms with E-state index in [1.54, 1.807) is 12.1 Å². The highest BCUT2D eigenvalue weighted by atomic mass is 32.2. The van der Waals surface area contributed by atoms with Gasteiger partial charge in [0.25, 0.3) is 11.7 Å². The number of nitrogen functional groups attached to an aromatic ring is 1. The van der Waals surface area contributed by atoms with Crippen LogP contribution < -0.4 is 11.1 Å². The second-order valence-corrected chi connectivity index (χ2v) is 4.70. The average Bonchev–Trinajstić information content (AvgIpc) is 2.41. The van der Waals surface area contributed by atoms with Gasteiger partial charge in [0, 0.05) is 4.90 Å². The number of nitrogens with one attached hydrogen (secondary N) is 1. The van der Waals surface area contributed by atoms with Crippen molar-refractivity contribution in [2.24, 2.45) is 0 Å². The molecule has 1 aromatic heterocycles. The van der Waals surface area contributed by atoms with Gasteiger partial charge in [0.1, 0.15) is 5.82 Å². The molecule has 8 heteroatoms. The van der Waals surface area contributed by atoms with Crippen LogP contribution in [-0.2, 0) is 0 Å². The Morgan fingerprint density at radius 1 is 1.20 bits per heavy atom. The second kappa shape index (κ2) is 6.29. The first-order valence-electron chi connectivity index (χ1n) is 5.50. The molecule has 0 saturated carbocycles. The Morgan fingerprint density at radius 2 is 1.95 bits per heavy atom. The zero-order valence-electron chi connectivity index (χ0n) is 10.1. The summed E-state index contributed by atoms with van der Waals surface area (Å²) in [5.41, 5.74) is 5.71. The highest BCUT2D eigenvalue weighted by Crippen LogP contribution is 2.31. The molecule has 0 fully saturated rings. The highest BCUT2D eigenvalue weighted by molar-refractivity contribution is 7.99. The van der Waals surface area contributed by atoms with Gasteiger partial charge < -0.3 is 11.1 Å². The van der Waals surface area contributed by atoms with Gasteiger partial charge in [-0.2, -0.15) is 8.78 Å². The molecular weight excluding hydrogens is 286 g/mol. The van der Waals surface area contributed by atoms with Crippen LogP contribution in [0.25, 0.3) is 0 Å². The molecule has 5 nitrogen and oxygen atoms in total. The summed E-state index contributed by atoms with van der Waals surface area (Å²) in [6.45, 7) is 0. The Morgan fingerprint density at radius 3 is 2.60 bits per heavy atom. The first-order valence-corrected chi connectivity index (χ1v) is 6.38. The predicted molar refractivity (Wildman–Crippen MR) is 72.7 cm³/mol. The molecule has 104 valence electrons. The maximum absolute atomic E-state index is 12.4.